The Balaban J connectivity index is 1.57. The maximum atomic E-state index is 5.83. The van der Waals surface area contributed by atoms with E-state index in [1.807, 2.05) is 6.20 Å². The van der Waals surface area contributed by atoms with Gasteiger partial charge in [-0.15, -0.1) is 5.10 Å². The van der Waals surface area contributed by atoms with Gasteiger partial charge in [-0.25, -0.2) is 0 Å². The van der Waals surface area contributed by atoms with Crippen molar-refractivity contribution in [2.75, 3.05) is 29.9 Å². The average molecular weight is 289 g/mol. The second-order valence-electron chi connectivity index (χ2n) is 7.42. The van der Waals surface area contributed by atoms with Crippen LogP contribution in [0.2, 0.25) is 0 Å². The normalized spacial score (nSPS) is 28.5. The zero-order chi connectivity index (χ0) is 15.0. The third kappa shape index (κ3) is 2.98. The van der Waals surface area contributed by atoms with Crippen molar-refractivity contribution < 1.29 is 0 Å². The topological polar surface area (TPSA) is 67.1 Å². The van der Waals surface area contributed by atoms with Crippen molar-refractivity contribution >= 4 is 11.5 Å². The Morgan fingerprint density at radius 3 is 2.81 bits per heavy atom. The molecule has 2 fully saturated rings. The van der Waals surface area contributed by atoms with Gasteiger partial charge >= 0.3 is 0 Å². The third-order valence-electron chi connectivity index (χ3n) is 5.56. The van der Waals surface area contributed by atoms with Crippen molar-refractivity contribution in [2.45, 2.75) is 39.7 Å². The zero-order valence-electron chi connectivity index (χ0n) is 13.3. The van der Waals surface area contributed by atoms with Gasteiger partial charge in [0.05, 0.1) is 11.9 Å². The quantitative estimate of drug-likeness (QED) is 0.888. The molecule has 2 atom stereocenters. The van der Waals surface area contributed by atoms with Crippen molar-refractivity contribution in [3.63, 3.8) is 0 Å². The predicted molar refractivity (Wildman–Crippen MR) is 86.4 cm³/mol. The van der Waals surface area contributed by atoms with Gasteiger partial charge in [0, 0.05) is 31.7 Å². The van der Waals surface area contributed by atoms with Crippen molar-refractivity contribution in [3.05, 3.63) is 12.3 Å². The molecule has 1 aliphatic heterocycles. The van der Waals surface area contributed by atoms with Crippen LogP contribution in [0.5, 0.6) is 0 Å². The minimum absolute atomic E-state index is 0.302. The van der Waals surface area contributed by atoms with Crippen molar-refractivity contribution in [2.24, 2.45) is 23.0 Å². The second kappa shape index (κ2) is 5.44. The molecule has 21 heavy (non-hydrogen) atoms. The van der Waals surface area contributed by atoms with Crippen LogP contribution in [0.1, 0.15) is 33.6 Å². The van der Waals surface area contributed by atoms with Crippen LogP contribution in [-0.4, -0.2) is 35.9 Å². The highest BCUT2D eigenvalue weighted by Gasteiger charge is 2.38. The van der Waals surface area contributed by atoms with E-state index in [-0.39, 0.29) is 0 Å². The molecule has 3 rings (SSSR count). The van der Waals surface area contributed by atoms with Crippen LogP contribution < -0.4 is 16.0 Å². The number of nitrogens with two attached hydrogens (primary N) is 1. The maximum absolute atomic E-state index is 5.83. The molecule has 1 saturated carbocycles. The number of anilines is 2. The number of nitrogens with zero attached hydrogens (tertiary/aromatic N) is 3. The number of rotatable bonds is 4. The molecule has 1 saturated heterocycles. The standard InChI is InChI=1S/C16H27N5/c1-11-12(4-5-16(11,2)3)7-18-15-6-14(8-19-20-15)21-9-13(17)10-21/h6,8,11-13H,4-5,7,9-10,17H2,1-3H3,(H,18,20)/t11-,12+/m0/s1. The van der Waals surface area contributed by atoms with Crippen LogP contribution in [0, 0.1) is 17.3 Å². The molecule has 0 amide bonds. The van der Waals surface area contributed by atoms with Gasteiger partial charge in [-0.1, -0.05) is 20.8 Å². The predicted octanol–water partition coefficient (Wildman–Crippen LogP) is 2.11. The lowest BCUT2D eigenvalue weighted by Crippen LogP contribution is -2.55. The number of nitrogens with one attached hydrogen (secondary N) is 1. The lowest BCUT2D eigenvalue weighted by Gasteiger charge is -2.38. The molecule has 5 heteroatoms. The first-order chi connectivity index (χ1) is 9.95. The molecule has 1 aromatic rings. The summed E-state index contributed by atoms with van der Waals surface area (Å²) < 4.78 is 0. The molecule has 0 bridgehead atoms. The van der Waals surface area contributed by atoms with Crippen LogP contribution in [0.3, 0.4) is 0 Å². The minimum Gasteiger partial charge on any atom is -0.368 e. The Hall–Kier alpha value is -1.36. The highest BCUT2D eigenvalue weighted by atomic mass is 15.2. The van der Waals surface area contributed by atoms with Gasteiger partial charge in [0.2, 0.25) is 0 Å². The Kier molecular flexibility index (Phi) is 3.78. The number of hydrogen-bond donors (Lipinski definition) is 2. The molecule has 1 aliphatic carbocycles. The molecule has 0 unspecified atom stereocenters. The number of hydrogen-bond acceptors (Lipinski definition) is 5. The summed E-state index contributed by atoms with van der Waals surface area (Å²) in [5.74, 6) is 2.35. The summed E-state index contributed by atoms with van der Waals surface area (Å²) >= 11 is 0. The Labute approximate surface area is 127 Å². The fourth-order valence-corrected chi connectivity index (χ4v) is 3.53. The lowest BCUT2D eigenvalue weighted by molar-refractivity contribution is 0.244. The highest BCUT2D eigenvalue weighted by molar-refractivity contribution is 5.54. The summed E-state index contributed by atoms with van der Waals surface area (Å²) in [5.41, 5.74) is 7.42. The average Bonchev–Trinajstić information content (AvgIpc) is 2.68. The largest absolute Gasteiger partial charge is 0.368 e. The summed E-state index contributed by atoms with van der Waals surface area (Å²) in [6.07, 6.45) is 4.44. The second-order valence-corrected chi connectivity index (χ2v) is 7.42. The van der Waals surface area contributed by atoms with E-state index in [4.69, 9.17) is 5.73 Å². The fraction of sp³-hybridized carbons (Fsp3) is 0.750. The van der Waals surface area contributed by atoms with Gasteiger partial charge in [0.1, 0.15) is 0 Å². The van der Waals surface area contributed by atoms with Crippen LogP contribution in [0.15, 0.2) is 12.3 Å². The number of aromatic nitrogens is 2. The summed E-state index contributed by atoms with van der Waals surface area (Å²) in [5, 5.41) is 11.8. The summed E-state index contributed by atoms with van der Waals surface area (Å²) in [6.45, 7) is 9.96. The monoisotopic (exact) mass is 289 g/mol. The van der Waals surface area contributed by atoms with E-state index in [0.717, 1.165) is 43.0 Å². The van der Waals surface area contributed by atoms with Crippen molar-refractivity contribution in [3.8, 4) is 0 Å². The van der Waals surface area contributed by atoms with Gasteiger partial charge in [-0.3, -0.25) is 0 Å². The molecule has 2 aliphatic rings. The van der Waals surface area contributed by atoms with Crippen molar-refractivity contribution in [1.29, 1.82) is 0 Å². The summed E-state index contributed by atoms with van der Waals surface area (Å²) in [4.78, 5) is 2.24. The SMILES string of the molecule is C[C@H]1[C@@H](CNc2cc(N3CC(N)C3)cnn2)CCC1(C)C. The Bertz CT molecular complexity index is 495. The van der Waals surface area contributed by atoms with Gasteiger partial charge in [0.25, 0.3) is 0 Å². The van der Waals surface area contributed by atoms with E-state index in [1.54, 1.807) is 0 Å². The molecule has 0 radical (unpaired) electrons. The molecule has 3 N–H and O–H groups in total. The smallest absolute Gasteiger partial charge is 0.150 e. The van der Waals surface area contributed by atoms with E-state index >= 15 is 0 Å². The van der Waals surface area contributed by atoms with E-state index in [0.29, 0.717) is 11.5 Å². The Morgan fingerprint density at radius 2 is 2.19 bits per heavy atom. The highest BCUT2D eigenvalue weighted by Crippen LogP contribution is 2.46. The molecule has 116 valence electrons. The van der Waals surface area contributed by atoms with Crippen molar-refractivity contribution in [1.82, 2.24) is 10.2 Å². The molecule has 0 spiro atoms. The molecule has 0 aromatic carbocycles. The van der Waals surface area contributed by atoms with E-state index in [1.165, 1.54) is 12.8 Å². The van der Waals surface area contributed by atoms with Gasteiger partial charge in [-0.2, -0.15) is 5.10 Å². The minimum atomic E-state index is 0.302. The summed E-state index contributed by atoms with van der Waals surface area (Å²) in [7, 11) is 0. The van der Waals surface area contributed by atoms with E-state index < -0.39 is 0 Å². The van der Waals surface area contributed by atoms with Crippen LogP contribution in [-0.2, 0) is 0 Å². The first-order valence-electron chi connectivity index (χ1n) is 8.03. The molecular formula is C16H27N5. The Morgan fingerprint density at radius 1 is 1.43 bits per heavy atom. The first kappa shape index (κ1) is 14.6. The van der Waals surface area contributed by atoms with Gasteiger partial charge in [0.15, 0.2) is 5.82 Å². The lowest BCUT2D eigenvalue weighted by atomic mass is 9.80. The fourth-order valence-electron chi connectivity index (χ4n) is 3.53. The van der Waals surface area contributed by atoms with Crippen LogP contribution in [0.4, 0.5) is 11.5 Å². The van der Waals surface area contributed by atoms with Gasteiger partial charge in [-0.05, 0) is 30.1 Å². The van der Waals surface area contributed by atoms with Gasteiger partial charge < -0.3 is 16.0 Å². The van der Waals surface area contributed by atoms with Crippen LogP contribution in [0.25, 0.3) is 0 Å². The molecule has 1 aromatic heterocycles. The van der Waals surface area contributed by atoms with E-state index in [2.05, 4.69) is 47.3 Å². The van der Waals surface area contributed by atoms with E-state index in [9.17, 15) is 0 Å². The summed E-state index contributed by atoms with van der Waals surface area (Å²) in [6, 6.07) is 2.39. The first-order valence-corrected chi connectivity index (χ1v) is 8.03. The third-order valence-corrected chi connectivity index (χ3v) is 5.56. The maximum Gasteiger partial charge on any atom is 0.150 e. The van der Waals surface area contributed by atoms with Crippen LogP contribution >= 0.6 is 0 Å². The molecule has 2 heterocycles. The molecule has 5 nitrogen and oxygen atoms in total. The molecular weight excluding hydrogens is 262 g/mol. The zero-order valence-corrected chi connectivity index (χ0v) is 13.3.